The molecule has 16 heteroatoms. The quantitative estimate of drug-likeness (QED) is 0.227. The minimum atomic E-state index is -1.22. The Bertz CT molecular complexity index is 2190. The number of carbonyl (C=O) groups excluding carboxylic acids is 2. The number of rotatable bonds is 5. The highest BCUT2D eigenvalue weighted by molar-refractivity contribution is 7.23. The maximum atomic E-state index is 17.0. The van der Waals surface area contributed by atoms with Crippen molar-refractivity contribution in [3.63, 3.8) is 0 Å². The third-order valence-electron chi connectivity index (χ3n) is 10.2. The van der Waals surface area contributed by atoms with E-state index in [1.165, 1.54) is 12.1 Å². The van der Waals surface area contributed by atoms with Gasteiger partial charge in [0.1, 0.15) is 40.4 Å². The third kappa shape index (κ3) is 4.87. The number of nitriles is 1. The molecule has 4 saturated heterocycles. The third-order valence-corrected chi connectivity index (χ3v) is 11.5. The summed E-state index contributed by atoms with van der Waals surface area (Å²) in [5.74, 6) is -1.71. The lowest BCUT2D eigenvalue weighted by molar-refractivity contribution is -0.124. The summed E-state index contributed by atoms with van der Waals surface area (Å²) < 4.78 is 51.8. The average Bonchev–Trinajstić information content (AvgIpc) is 3.80. The number of fused-ring (bicyclic) bond motifs is 3. The summed E-state index contributed by atoms with van der Waals surface area (Å²) in [5.41, 5.74) is 4.93. The van der Waals surface area contributed by atoms with Gasteiger partial charge in [0.2, 0.25) is 0 Å². The molecule has 1 spiro atoms. The molecule has 11 nitrogen and oxygen atoms in total. The number of benzene rings is 2. The van der Waals surface area contributed by atoms with Crippen LogP contribution in [0.15, 0.2) is 30.1 Å². The van der Waals surface area contributed by atoms with Crippen molar-refractivity contribution in [3.8, 4) is 23.2 Å². The van der Waals surface area contributed by atoms with E-state index in [9.17, 15) is 23.6 Å². The molecule has 2 aromatic heterocycles. The summed E-state index contributed by atoms with van der Waals surface area (Å²) in [7, 11) is 0. The predicted octanol–water partition coefficient (Wildman–Crippen LogP) is 5.55. The molecule has 4 aliphatic heterocycles. The fraction of sp³-hybridized carbons (Fsp3) is 0.364. The van der Waals surface area contributed by atoms with Gasteiger partial charge in [-0.3, -0.25) is 15.0 Å². The lowest BCUT2D eigenvalue weighted by Gasteiger charge is -2.39. The number of carbonyl (C=O) groups is 2. The van der Waals surface area contributed by atoms with Crippen LogP contribution in [-0.4, -0.2) is 70.7 Å². The first kappa shape index (κ1) is 31.6. The molecule has 0 saturated carbocycles. The van der Waals surface area contributed by atoms with Crippen molar-refractivity contribution in [1.29, 1.82) is 5.26 Å². The molecule has 2 aromatic carbocycles. The lowest BCUT2D eigenvalue weighted by Crippen LogP contribution is -2.58. The van der Waals surface area contributed by atoms with Crippen molar-refractivity contribution >= 4 is 66.7 Å². The van der Waals surface area contributed by atoms with Gasteiger partial charge in [0, 0.05) is 29.4 Å². The highest BCUT2D eigenvalue weighted by atomic mass is 35.5. The van der Waals surface area contributed by atoms with Crippen LogP contribution in [0.25, 0.3) is 32.1 Å². The zero-order chi connectivity index (χ0) is 34.2. The van der Waals surface area contributed by atoms with Crippen molar-refractivity contribution in [2.24, 2.45) is 0 Å². The number of ether oxygens (including phenoxy) is 1. The SMILES string of the molecule is N#Cc1c(N)sc2c(F)ccc(-c3c(Cl)cc4c(N5CCC[C@]6(C5)NC(=O)NC6=O)nc(OCC56CCCN5C/C(=C\F)C6)nc4c3F)c12. The molecule has 6 heterocycles. The number of thiophene rings is 1. The molecular weight excluding hydrogens is 681 g/mol. The van der Waals surface area contributed by atoms with Gasteiger partial charge in [-0.15, -0.1) is 11.3 Å². The highest BCUT2D eigenvalue weighted by Crippen LogP contribution is 2.46. The second-order valence-corrected chi connectivity index (χ2v) is 14.5. The number of amides is 3. The maximum absolute atomic E-state index is 17.0. The molecule has 1 unspecified atom stereocenters. The van der Waals surface area contributed by atoms with E-state index in [0.717, 1.165) is 36.8 Å². The number of nitrogen functional groups attached to an aromatic ring is 1. The van der Waals surface area contributed by atoms with Gasteiger partial charge >= 0.3 is 12.0 Å². The maximum Gasteiger partial charge on any atom is 0.322 e. The number of piperidine rings is 1. The van der Waals surface area contributed by atoms with E-state index in [-0.39, 0.29) is 72.7 Å². The first-order valence-corrected chi connectivity index (χ1v) is 16.9. The van der Waals surface area contributed by atoms with Crippen LogP contribution in [0.5, 0.6) is 6.01 Å². The van der Waals surface area contributed by atoms with Crippen LogP contribution in [0.1, 0.15) is 37.7 Å². The van der Waals surface area contributed by atoms with Gasteiger partial charge < -0.3 is 20.7 Å². The van der Waals surface area contributed by atoms with Gasteiger partial charge in [-0.05, 0) is 61.9 Å². The minimum Gasteiger partial charge on any atom is -0.461 e. The van der Waals surface area contributed by atoms with Gasteiger partial charge in [-0.25, -0.2) is 18.0 Å². The molecular formula is C33H28ClF3N8O3S. The molecule has 252 valence electrons. The zero-order valence-electron chi connectivity index (χ0n) is 25.8. The normalized spacial score (nSPS) is 24.6. The molecule has 4 fully saturated rings. The monoisotopic (exact) mass is 708 g/mol. The number of imide groups is 1. The standard InChI is InChI=1S/C33H28ClF3N8O3S/c34-20-9-18-25(24(37)23(20)17-3-4-21(36)26-22(17)19(12-38)27(39)49-26)40-31(48-15-32-5-1-8-45(32)13-16(10-32)11-35)41-28(18)44-7-2-6-33(14-44)29(46)42-30(47)43-33/h3-4,9,11H,1-2,5-8,10,13-15,39H2,(H2,42,43,46,47)/b16-11-/t32?,33-/m1/s1. The number of hydrogen-bond donors (Lipinski definition) is 3. The van der Waals surface area contributed by atoms with Crippen molar-refractivity contribution in [3.05, 3.63) is 52.3 Å². The van der Waals surface area contributed by atoms with Crippen molar-refractivity contribution in [2.45, 2.75) is 43.2 Å². The minimum absolute atomic E-state index is 0.00611. The highest BCUT2D eigenvalue weighted by Gasteiger charge is 2.50. The zero-order valence-corrected chi connectivity index (χ0v) is 27.4. The number of nitrogens with zero attached hydrogens (tertiary/aromatic N) is 5. The van der Waals surface area contributed by atoms with Crippen LogP contribution < -0.4 is 26.0 Å². The van der Waals surface area contributed by atoms with Crippen LogP contribution in [0.2, 0.25) is 5.02 Å². The molecule has 4 N–H and O–H groups in total. The molecule has 0 aliphatic carbocycles. The lowest BCUT2D eigenvalue weighted by atomic mass is 9.89. The molecule has 0 bridgehead atoms. The number of nitrogens with one attached hydrogen (secondary N) is 2. The van der Waals surface area contributed by atoms with E-state index in [0.29, 0.717) is 44.3 Å². The van der Waals surface area contributed by atoms with E-state index in [1.54, 1.807) is 4.90 Å². The Morgan fingerprint density at radius 3 is 2.78 bits per heavy atom. The van der Waals surface area contributed by atoms with Crippen molar-refractivity contribution in [2.75, 3.05) is 43.4 Å². The Hall–Kier alpha value is -4.65. The molecule has 3 amide bonds. The Kier molecular flexibility index (Phi) is 7.40. The number of nitrogens with two attached hydrogens (primary N) is 1. The summed E-state index contributed by atoms with van der Waals surface area (Å²) >= 11 is 7.70. The number of anilines is 2. The Labute approximate surface area is 286 Å². The van der Waals surface area contributed by atoms with Crippen LogP contribution in [0, 0.1) is 23.0 Å². The largest absolute Gasteiger partial charge is 0.461 e. The molecule has 8 rings (SSSR count). The summed E-state index contributed by atoms with van der Waals surface area (Å²) in [5, 5.41) is 15.3. The number of urea groups is 1. The second kappa shape index (κ2) is 11.5. The molecule has 4 aromatic rings. The van der Waals surface area contributed by atoms with Crippen molar-refractivity contribution in [1.82, 2.24) is 25.5 Å². The van der Waals surface area contributed by atoms with E-state index < -0.39 is 34.7 Å². The molecule has 4 aliphatic rings. The fourth-order valence-corrected chi connectivity index (χ4v) is 9.17. The second-order valence-electron chi connectivity index (χ2n) is 13.0. The number of aromatic nitrogens is 2. The predicted molar refractivity (Wildman–Crippen MR) is 178 cm³/mol. The summed E-state index contributed by atoms with van der Waals surface area (Å²) in [4.78, 5) is 38.2. The van der Waals surface area contributed by atoms with Crippen molar-refractivity contribution < 1.29 is 27.5 Å². The first-order chi connectivity index (χ1) is 23.6. The summed E-state index contributed by atoms with van der Waals surface area (Å²) in [6, 6.07) is 5.26. The average molecular weight is 709 g/mol. The fourth-order valence-electron chi connectivity index (χ4n) is 7.92. The summed E-state index contributed by atoms with van der Waals surface area (Å²) in [6.45, 7) is 1.86. The molecule has 49 heavy (non-hydrogen) atoms. The topological polar surface area (TPSA) is 150 Å². The first-order valence-electron chi connectivity index (χ1n) is 15.7. The van der Waals surface area contributed by atoms with Gasteiger partial charge in [0.15, 0.2) is 5.82 Å². The Balaban J connectivity index is 1.29. The Morgan fingerprint density at radius 2 is 2.02 bits per heavy atom. The van der Waals surface area contributed by atoms with E-state index in [1.807, 2.05) is 6.07 Å². The van der Waals surface area contributed by atoms with E-state index in [4.69, 9.17) is 27.1 Å². The molecule has 0 radical (unpaired) electrons. The number of hydrogen-bond acceptors (Lipinski definition) is 10. The van der Waals surface area contributed by atoms with Gasteiger partial charge in [-0.2, -0.15) is 15.2 Å². The van der Waals surface area contributed by atoms with Crippen LogP contribution in [0.3, 0.4) is 0 Å². The van der Waals surface area contributed by atoms with Crippen LogP contribution in [-0.2, 0) is 4.79 Å². The van der Waals surface area contributed by atoms with Gasteiger partial charge in [-0.1, -0.05) is 17.7 Å². The smallest absolute Gasteiger partial charge is 0.322 e. The molecule has 2 atom stereocenters. The van der Waals surface area contributed by atoms with E-state index in [2.05, 4.69) is 20.5 Å². The summed E-state index contributed by atoms with van der Waals surface area (Å²) in [6.07, 6.45) is 3.70. The van der Waals surface area contributed by atoms with Gasteiger partial charge in [0.25, 0.3) is 5.91 Å². The van der Waals surface area contributed by atoms with Gasteiger partial charge in [0.05, 0.1) is 33.7 Å². The number of halogens is 4. The Morgan fingerprint density at radius 1 is 1.20 bits per heavy atom. The van der Waals surface area contributed by atoms with Crippen LogP contribution >= 0.6 is 22.9 Å². The van der Waals surface area contributed by atoms with E-state index >= 15 is 4.39 Å². The van der Waals surface area contributed by atoms with Crippen LogP contribution in [0.4, 0.5) is 28.8 Å².